The van der Waals surface area contributed by atoms with Gasteiger partial charge in [0.05, 0.1) is 12.6 Å². The number of hydrogen-bond donors (Lipinski definition) is 2. The predicted octanol–water partition coefficient (Wildman–Crippen LogP) is 2.02. The Morgan fingerprint density at radius 1 is 1.40 bits per heavy atom. The molecule has 0 heterocycles. The van der Waals surface area contributed by atoms with Crippen LogP contribution in [0, 0.1) is 5.92 Å². The number of anilines is 1. The van der Waals surface area contributed by atoms with Gasteiger partial charge in [0, 0.05) is 18.9 Å². The molecule has 5 nitrogen and oxygen atoms in total. The summed E-state index contributed by atoms with van der Waals surface area (Å²) < 4.78 is 10.4. The van der Waals surface area contributed by atoms with Gasteiger partial charge in [-0.3, -0.25) is 4.79 Å². The fourth-order valence-corrected chi connectivity index (χ4v) is 1.64. The van der Waals surface area contributed by atoms with Crippen LogP contribution in [0.2, 0.25) is 0 Å². The van der Waals surface area contributed by atoms with E-state index in [1.54, 1.807) is 13.2 Å². The first-order valence-corrected chi connectivity index (χ1v) is 6.86. The van der Waals surface area contributed by atoms with Gasteiger partial charge in [-0.1, -0.05) is 26.3 Å². The first-order valence-electron chi connectivity index (χ1n) is 6.86. The van der Waals surface area contributed by atoms with Crippen molar-refractivity contribution >= 4 is 11.6 Å². The Morgan fingerprint density at radius 2 is 2.15 bits per heavy atom. The molecular formula is C15H24N2O3. The Hall–Kier alpha value is -1.59. The average Bonchev–Trinajstić information content (AvgIpc) is 2.46. The van der Waals surface area contributed by atoms with E-state index >= 15 is 0 Å². The van der Waals surface area contributed by atoms with Crippen molar-refractivity contribution < 1.29 is 14.3 Å². The molecule has 1 rings (SSSR count). The molecule has 2 unspecified atom stereocenters. The maximum atomic E-state index is 12.0. The van der Waals surface area contributed by atoms with Crippen molar-refractivity contribution in [1.82, 2.24) is 0 Å². The van der Waals surface area contributed by atoms with Crippen LogP contribution in [0.15, 0.2) is 24.3 Å². The molecule has 0 saturated heterocycles. The van der Waals surface area contributed by atoms with Crippen molar-refractivity contribution in [2.45, 2.75) is 26.3 Å². The molecule has 1 aromatic carbocycles. The van der Waals surface area contributed by atoms with Crippen molar-refractivity contribution in [1.29, 1.82) is 0 Å². The molecule has 0 bridgehead atoms. The van der Waals surface area contributed by atoms with Crippen LogP contribution in [0.4, 0.5) is 5.69 Å². The van der Waals surface area contributed by atoms with Crippen molar-refractivity contribution in [3.05, 3.63) is 24.3 Å². The van der Waals surface area contributed by atoms with Gasteiger partial charge >= 0.3 is 0 Å². The van der Waals surface area contributed by atoms with Gasteiger partial charge in [0.1, 0.15) is 12.4 Å². The van der Waals surface area contributed by atoms with Gasteiger partial charge in [-0.25, -0.2) is 0 Å². The normalized spacial score (nSPS) is 13.6. The Kier molecular flexibility index (Phi) is 7.04. The van der Waals surface area contributed by atoms with Gasteiger partial charge in [-0.05, 0) is 18.1 Å². The number of methoxy groups -OCH3 is 1. The van der Waals surface area contributed by atoms with Crippen molar-refractivity contribution in [2.75, 3.05) is 25.6 Å². The highest BCUT2D eigenvalue weighted by molar-refractivity contribution is 5.95. The third-order valence-electron chi connectivity index (χ3n) is 3.22. The summed E-state index contributed by atoms with van der Waals surface area (Å²) in [5.74, 6) is 0.668. The molecule has 1 aromatic rings. The number of benzene rings is 1. The van der Waals surface area contributed by atoms with E-state index in [0.717, 1.165) is 6.42 Å². The second-order valence-electron chi connectivity index (χ2n) is 4.77. The second-order valence-corrected chi connectivity index (χ2v) is 4.77. The van der Waals surface area contributed by atoms with Crippen molar-refractivity contribution in [2.24, 2.45) is 11.7 Å². The van der Waals surface area contributed by atoms with E-state index in [0.29, 0.717) is 24.7 Å². The zero-order valence-electron chi connectivity index (χ0n) is 12.4. The minimum Gasteiger partial charge on any atom is -0.491 e. The molecule has 2 atom stereocenters. The highest BCUT2D eigenvalue weighted by Crippen LogP contribution is 2.18. The lowest BCUT2D eigenvalue weighted by Crippen LogP contribution is -2.40. The van der Waals surface area contributed by atoms with E-state index in [9.17, 15) is 4.79 Å². The summed E-state index contributed by atoms with van der Waals surface area (Å²) >= 11 is 0. The summed E-state index contributed by atoms with van der Waals surface area (Å²) in [6.45, 7) is 4.98. The molecule has 0 aliphatic heterocycles. The summed E-state index contributed by atoms with van der Waals surface area (Å²) in [6, 6.07) is 6.74. The van der Waals surface area contributed by atoms with E-state index in [1.807, 2.05) is 32.0 Å². The number of carbonyl (C=O) groups is 1. The summed E-state index contributed by atoms with van der Waals surface area (Å²) in [4.78, 5) is 12.0. The van der Waals surface area contributed by atoms with Crippen LogP contribution in [-0.2, 0) is 9.53 Å². The zero-order valence-corrected chi connectivity index (χ0v) is 12.4. The Morgan fingerprint density at radius 3 is 2.80 bits per heavy atom. The smallest absolute Gasteiger partial charge is 0.241 e. The number of amides is 1. The van der Waals surface area contributed by atoms with Crippen LogP contribution in [0.5, 0.6) is 5.75 Å². The van der Waals surface area contributed by atoms with E-state index in [2.05, 4.69) is 5.32 Å². The van der Waals surface area contributed by atoms with Gasteiger partial charge < -0.3 is 20.5 Å². The zero-order chi connectivity index (χ0) is 15.0. The lowest BCUT2D eigenvalue weighted by Gasteiger charge is -2.18. The maximum Gasteiger partial charge on any atom is 0.241 e. The third kappa shape index (κ3) is 5.19. The second kappa shape index (κ2) is 8.55. The maximum absolute atomic E-state index is 12.0. The van der Waals surface area contributed by atoms with Gasteiger partial charge in [0.25, 0.3) is 0 Å². The molecule has 0 aromatic heterocycles. The Balaban J connectivity index is 2.59. The molecule has 0 fully saturated rings. The number of rotatable bonds is 8. The molecule has 112 valence electrons. The van der Waals surface area contributed by atoms with Gasteiger partial charge in [0.15, 0.2) is 0 Å². The van der Waals surface area contributed by atoms with Crippen molar-refractivity contribution in [3.8, 4) is 5.75 Å². The summed E-state index contributed by atoms with van der Waals surface area (Å²) in [5.41, 5.74) is 6.58. The molecule has 20 heavy (non-hydrogen) atoms. The van der Waals surface area contributed by atoms with E-state index in [4.69, 9.17) is 15.2 Å². The molecule has 0 saturated carbocycles. The SMILES string of the molecule is CCC(C)C(N)C(=O)Nc1cccc(OCCOC)c1. The lowest BCUT2D eigenvalue weighted by molar-refractivity contribution is -0.118. The first-order chi connectivity index (χ1) is 9.58. The molecule has 1 amide bonds. The molecule has 0 radical (unpaired) electrons. The van der Waals surface area contributed by atoms with E-state index < -0.39 is 6.04 Å². The molecular weight excluding hydrogens is 256 g/mol. The molecule has 0 spiro atoms. The standard InChI is InChI=1S/C15H24N2O3/c1-4-11(2)14(16)15(18)17-12-6-5-7-13(10-12)20-9-8-19-3/h5-7,10-11,14H,4,8-9,16H2,1-3H3,(H,17,18). The van der Waals surface area contributed by atoms with Crippen LogP contribution in [0.3, 0.4) is 0 Å². The fourth-order valence-electron chi connectivity index (χ4n) is 1.64. The van der Waals surface area contributed by atoms with Crippen LogP contribution in [0.25, 0.3) is 0 Å². The van der Waals surface area contributed by atoms with Gasteiger partial charge in [-0.2, -0.15) is 0 Å². The van der Waals surface area contributed by atoms with Crippen LogP contribution >= 0.6 is 0 Å². The lowest BCUT2D eigenvalue weighted by atomic mass is 9.99. The van der Waals surface area contributed by atoms with Crippen molar-refractivity contribution in [3.63, 3.8) is 0 Å². The minimum atomic E-state index is -0.502. The largest absolute Gasteiger partial charge is 0.491 e. The molecule has 5 heteroatoms. The predicted molar refractivity (Wildman–Crippen MR) is 79.9 cm³/mol. The number of carbonyl (C=O) groups excluding carboxylic acids is 1. The molecule has 0 aliphatic rings. The third-order valence-corrected chi connectivity index (χ3v) is 3.22. The monoisotopic (exact) mass is 280 g/mol. The van der Waals surface area contributed by atoms with Crippen LogP contribution in [0.1, 0.15) is 20.3 Å². The van der Waals surface area contributed by atoms with Crippen LogP contribution < -0.4 is 15.8 Å². The van der Waals surface area contributed by atoms with E-state index in [-0.39, 0.29) is 11.8 Å². The summed E-state index contributed by atoms with van der Waals surface area (Å²) in [7, 11) is 1.62. The number of nitrogens with one attached hydrogen (secondary N) is 1. The van der Waals surface area contributed by atoms with Crippen LogP contribution in [-0.4, -0.2) is 32.3 Å². The Labute approximate surface area is 120 Å². The number of nitrogens with two attached hydrogens (primary N) is 1. The van der Waals surface area contributed by atoms with E-state index in [1.165, 1.54) is 0 Å². The summed E-state index contributed by atoms with van der Waals surface area (Å²) in [6.07, 6.45) is 0.870. The molecule has 0 aliphatic carbocycles. The van der Waals surface area contributed by atoms with Gasteiger partial charge in [-0.15, -0.1) is 0 Å². The topological polar surface area (TPSA) is 73.6 Å². The summed E-state index contributed by atoms with van der Waals surface area (Å²) in [5, 5.41) is 2.81. The Bertz CT molecular complexity index is 423. The highest BCUT2D eigenvalue weighted by Gasteiger charge is 2.19. The minimum absolute atomic E-state index is 0.149. The quantitative estimate of drug-likeness (QED) is 0.715. The average molecular weight is 280 g/mol. The highest BCUT2D eigenvalue weighted by atomic mass is 16.5. The fraction of sp³-hybridized carbons (Fsp3) is 0.533. The first kappa shape index (κ1) is 16.5. The van der Waals surface area contributed by atoms with Gasteiger partial charge in [0.2, 0.25) is 5.91 Å². The number of ether oxygens (including phenoxy) is 2. The number of hydrogen-bond acceptors (Lipinski definition) is 4. The molecule has 3 N–H and O–H groups in total.